The van der Waals surface area contributed by atoms with E-state index in [1.807, 2.05) is 0 Å². The summed E-state index contributed by atoms with van der Waals surface area (Å²) in [6.07, 6.45) is 2.67. The van der Waals surface area contributed by atoms with Crippen molar-refractivity contribution in [1.82, 2.24) is 20.4 Å². The van der Waals surface area contributed by atoms with Gasteiger partial charge in [0, 0.05) is 22.2 Å². The highest BCUT2D eigenvalue weighted by Crippen LogP contribution is 2.31. The Morgan fingerprint density at radius 1 is 1.23 bits per heavy atom. The fraction of sp³-hybridized carbons (Fsp3) is 0. The SMILES string of the molecule is O=C(NNc1ncnc(Nc2nccs2)c1[N+](=O)[O-])c1cccc(Cl)c1. The van der Waals surface area contributed by atoms with Crippen molar-refractivity contribution >= 4 is 51.3 Å². The van der Waals surface area contributed by atoms with Crippen molar-refractivity contribution in [3.8, 4) is 0 Å². The Hall–Kier alpha value is -3.31. The number of anilines is 3. The molecule has 0 spiro atoms. The summed E-state index contributed by atoms with van der Waals surface area (Å²) in [4.78, 5) is 34.6. The largest absolute Gasteiger partial charge is 0.355 e. The minimum atomic E-state index is -0.663. The molecule has 2 aromatic heterocycles. The number of carbonyl (C=O) groups excluding carboxylic acids is 1. The molecule has 0 radical (unpaired) electrons. The second-order valence-corrected chi connectivity index (χ2v) is 6.06. The van der Waals surface area contributed by atoms with Crippen molar-refractivity contribution < 1.29 is 9.72 Å². The number of thiazole rings is 1. The van der Waals surface area contributed by atoms with Gasteiger partial charge in [0.15, 0.2) is 5.13 Å². The molecule has 12 heteroatoms. The summed E-state index contributed by atoms with van der Waals surface area (Å²) in [6, 6.07) is 6.24. The molecule has 1 aromatic carbocycles. The van der Waals surface area contributed by atoms with E-state index in [1.165, 1.54) is 17.4 Å². The van der Waals surface area contributed by atoms with Crippen LogP contribution in [0.25, 0.3) is 0 Å². The van der Waals surface area contributed by atoms with Crippen LogP contribution in [-0.2, 0) is 0 Å². The molecule has 0 saturated carbocycles. The van der Waals surface area contributed by atoms with E-state index < -0.39 is 16.5 Å². The minimum absolute atomic E-state index is 0.0561. The molecule has 3 N–H and O–H groups in total. The smallest absolute Gasteiger partial charge is 0.310 e. The summed E-state index contributed by atoms with van der Waals surface area (Å²) in [5.74, 6) is -0.770. The van der Waals surface area contributed by atoms with Crippen molar-refractivity contribution in [2.24, 2.45) is 0 Å². The second-order valence-electron chi connectivity index (χ2n) is 4.73. The van der Waals surface area contributed by atoms with Crippen molar-refractivity contribution in [2.75, 3.05) is 10.7 Å². The molecule has 0 aliphatic heterocycles. The highest BCUT2D eigenvalue weighted by molar-refractivity contribution is 7.13. The Morgan fingerprint density at radius 2 is 2.04 bits per heavy atom. The van der Waals surface area contributed by atoms with Crippen LogP contribution in [0.4, 0.5) is 22.5 Å². The van der Waals surface area contributed by atoms with Crippen molar-refractivity contribution in [2.45, 2.75) is 0 Å². The Bertz CT molecular complexity index is 951. The first-order valence-electron chi connectivity index (χ1n) is 7.02. The highest BCUT2D eigenvalue weighted by atomic mass is 35.5. The van der Waals surface area contributed by atoms with Gasteiger partial charge < -0.3 is 5.32 Å². The molecule has 0 atom stereocenters. The van der Waals surface area contributed by atoms with E-state index in [1.54, 1.807) is 29.8 Å². The second kappa shape index (κ2) is 7.72. The van der Waals surface area contributed by atoms with Crippen molar-refractivity contribution in [3.63, 3.8) is 0 Å². The summed E-state index contributed by atoms with van der Waals surface area (Å²) < 4.78 is 0. The van der Waals surface area contributed by atoms with Crippen LogP contribution >= 0.6 is 22.9 Å². The van der Waals surface area contributed by atoms with E-state index in [9.17, 15) is 14.9 Å². The monoisotopic (exact) mass is 391 g/mol. The third kappa shape index (κ3) is 4.02. The first kappa shape index (κ1) is 17.5. The van der Waals surface area contributed by atoms with Gasteiger partial charge in [0.2, 0.25) is 11.6 Å². The van der Waals surface area contributed by atoms with Crippen LogP contribution in [0.15, 0.2) is 42.2 Å². The molecular weight excluding hydrogens is 382 g/mol. The number of nitro groups is 1. The fourth-order valence-corrected chi connectivity index (χ4v) is 2.66. The summed E-state index contributed by atoms with van der Waals surface area (Å²) >= 11 is 7.09. The molecule has 0 aliphatic carbocycles. The van der Waals surface area contributed by atoms with Gasteiger partial charge >= 0.3 is 5.69 Å². The molecule has 10 nitrogen and oxygen atoms in total. The topological polar surface area (TPSA) is 135 Å². The predicted octanol–water partition coefficient (Wildman–Crippen LogP) is 3.00. The molecule has 132 valence electrons. The molecule has 3 rings (SSSR count). The third-order valence-electron chi connectivity index (χ3n) is 3.04. The van der Waals surface area contributed by atoms with E-state index in [0.717, 1.165) is 6.33 Å². The van der Waals surface area contributed by atoms with Crippen LogP contribution in [0, 0.1) is 10.1 Å². The first-order valence-corrected chi connectivity index (χ1v) is 8.28. The van der Waals surface area contributed by atoms with E-state index >= 15 is 0 Å². The van der Waals surface area contributed by atoms with Gasteiger partial charge in [-0.3, -0.25) is 25.8 Å². The quantitative estimate of drug-likeness (QED) is 0.431. The summed E-state index contributed by atoms with van der Waals surface area (Å²) in [5, 5.41) is 16.7. The molecule has 2 heterocycles. The highest BCUT2D eigenvalue weighted by Gasteiger charge is 2.24. The van der Waals surface area contributed by atoms with Gasteiger partial charge in [0.1, 0.15) is 6.33 Å². The van der Waals surface area contributed by atoms with Gasteiger partial charge in [0.05, 0.1) is 4.92 Å². The van der Waals surface area contributed by atoms with Crippen molar-refractivity contribution in [1.29, 1.82) is 0 Å². The van der Waals surface area contributed by atoms with E-state index in [2.05, 4.69) is 31.1 Å². The average molecular weight is 392 g/mol. The number of aromatic nitrogens is 3. The molecule has 3 aromatic rings. The van der Waals surface area contributed by atoms with Crippen LogP contribution in [0.5, 0.6) is 0 Å². The van der Waals surface area contributed by atoms with Gasteiger partial charge in [-0.2, -0.15) is 0 Å². The van der Waals surface area contributed by atoms with Crippen molar-refractivity contribution in [3.05, 3.63) is 62.9 Å². The predicted molar refractivity (Wildman–Crippen MR) is 96.6 cm³/mol. The number of rotatable bonds is 6. The lowest BCUT2D eigenvalue weighted by molar-refractivity contribution is -0.383. The third-order valence-corrected chi connectivity index (χ3v) is 3.97. The Morgan fingerprint density at radius 3 is 2.73 bits per heavy atom. The number of amides is 1. The zero-order chi connectivity index (χ0) is 18.5. The average Bonchev–Trinajstić information content (AvgIpc) is 3.12. The standard InChI is InChI=1S/C14H10ClN7O3S/c15-9-3-1-2-8(6-9)13(23)21-20-12-10(22(24)25)11(17-7-18-12)19-14-16-4-5-26-14/h1-7H,(H,21,23)(H2,16,17,18,19,20). The van der Waals surface area contributed by atoms with E-state index in [-0.39, 0.29) is 17.2 Å². The van der Waals surface area contributed by atoms with Crippen LogP contribution < -0.4 is 16.2 Å². The zero-order valence-electron chi connectivity index (χ0n) is 12.8. The van der Waals surface area contributed by atoms with Crippen LogP contribution in [0.3, 0.4) is 0 Å². The molecule has 0 bridgehead atoms. The van der Waals surface area contributed by atoms with Gasteiger partial charge in [-0.05, 0) is 18.2 Å². The maximum Gasteiger partial charge on any atom is 0.355 e. The number of hydrazine groups is 1. The van der Waals surface area contributed by atoms with Crippen LogP contribution in [0.1, 0.15) is 10.4 Å². The Balaban J connectivity index is 1.81. The lowest BCUT2D eigenvalue weighted by atomic mass is 10.2. The molecule has 0 aliphatic rings. The Labute approximate surface area is 155 Å². The molecule has 26 heavy (non-hydrogen) atoms. The molecule has 0 saturated heterocycles. The number of nitrogens with zero attached hydrogens (tertiary/aromatic N) is 4. The number of hydrogen-bond acceptors (Lipinski definition) is 9. The van der Waals surface area contributed by atoms with E-state index in [4.69, 9.17) is 11.6 Å². The van der Waals surface area contributed by atoms with Gasteiger partial charge in [-0.15, -0.1) is 11.3 Å². The zero-order valence-corrected chi connectivity index (χ0v) is 14.4. The molecule has 0 unspecified atom stereocenters. The lowest BCUT2D eigenvalue weighted by Gasteiger charge is -2.10. The van der Waals surface area contributed by atoms with Crippen LogP contribution in [-0.4, -0.2) is 25.8 Å². The van der Waals surface area contributed by atoms with E-state index in [0.29, 0.717) is 10.2 Å². The first-order chi connectivity index (χ1) is 12.5. The van der Waals surface area contributed by atoms with Gasteiger partial charge in [-0.1, -0.05) is 17.7 Å². The lowest BCUT2D eigenvalue weighted by Crippen LogP contribution is -2.30. The molecular formula is C14H10ClN7O3S. The van der Waals surface area contributed by atoms with Gasteiger partial charge in [0.25, 0.3) is 5.91 Å². The van der Waals surface area contributed by atoms with Gasteiger partial charge in [-0.25, -0.2) is 15.0 Å². The summed E-state index contributed by atoms with van der Waals surface area (Å²) in [5.41, 5.74) is 4.63. The number of nitrogens with one attached hydrogen (secondary N) is 3. The normalized spacial score (nSPS) is 10.2. The maximum absolute atomic E-state index is 12.1. The number of carbonyl (C=O) groups is 1. The summed E-state index contributed by atoms with van der Waals surface area (Å²) in [7, 11) is 0. The number of hydrogen-bond donors (Lipinski definition) is 3. The number of benzene rings is 1. The molecule has 1 amide bonds. The Kier molecular flexibility index (Phi) is 5.20. The van der Waals surface area contributed by atoms with Crippen LogP contribution in [0.2, 0.25) is 5.02 Å². The minimum Gasteiger partial charge on any atom is -0.310 e. The number of halogens is 1. The maximum atomic E-state index is 12.1. The fourth-order valence-electron chi connectivity index (χ4n) is 1.94. The summed E-state index contributed by atoms with van der Waals surface area (Å²) in [6.45, 7) is 0. The molecule has 0 fully saturated rings.